The first-order chi connectivity index (χ1) is 12.8. The van der Waals surface area contributed by atoms with Crippen LogP contribution >= 0.6 is 0 Å². The fourth-order valence-electron chi connectivity index (χ4n) is 3.49. The third-order valence-electron chi connectivity index (χ3n) is 4.91. The molecule has 0 saturated heterocycles. The number of pyridine rings is 1. The van der Waals surface area contributed by atoms with E-state index >= 15 is 0 Å². The van der Waals surface area contributed by atoms with E-state index in [1.807, 2.05) is 30.3 Å². The molecule has 130 valence electrons. The monoisotopic (exact) mass is 346 g/mol. The highest BCUT2D eigenvalue weighted by Gasteiger charge is 2.36. The van der Waals surface area contributed by atoms with Crippen molar-refractivity contribution in [3.63, 3.8) is 0 Å². The van der Waals surface area contributed by atoms with Crippen molar-refractivity contribution in [3.8, 4) is 11.5 Å². The van der Waals surface area contributed by atoms with Crippen molar-refractivity contribution >= 4 is 17.3 Å². The number of para-hydroxylation sites is 2. The second-order valence-electron chi connectivity index (χ2n) is 6.65. The Morgan fingerprint density at radius 1 is 1.08 bits per heavy atom. The van der Waals surface area contributed by atoms with Gasteiger partial charge in [0.05, 0.1) is 16.9 Å². The molecule has 2 aromatic heterocycles. The van der Waals surface area contributed by atoms with Crippen molar-refractivity contribution in [2.45, 2.75) is 18.9 Å². The normalized spacial score (nSPS) is 16.5. The van der Waals surface area contributed by atoms with Gasteiger partial charge in [0.25, 0.3) is 5.91 Å². The summed E-state index contributed by atoms with van der Waals surface area (Å²) in [5.41, 5.74) is 3.15. The maximum Gasteiger partial charge on any atom is 0.280 e. The summed E-state index contributed by atoms with van der Waals surface area (Å²) in [7, 11) is 0. The lowest BCUT2D eigenvalue weighted by atomic mass is 10.1. The number of nitrogens with zero attached hydrogens (tertiary/aromatic N) is 4. The number of carbonyl (C=O) groups excluding carboxylic acids is 1. The second kappa shape index (κ2) is 5.98. The number of hydrogen-bond donors (Lipinski definition) is 0. The molecule has 3 aromatic rings. The molecule has 2 aliphatic rings. The number of hydrogen-bond acceptors (Lipinski definition) is 5. The molecule has 6 heteroatoms. The number of aromatic nitrogens is 2. The van der Waals surface area contributed by atoms with Crippen LogP contribution in [0.1, 0.15) is 23.3 Å². The highest BCUT2D eigenvalue weighted by atomic mass is 16.3. The Morgan fingerprint density at radius 2 is 1.92 bits per heavy atom. The molecule has 0 spiro atoms. The van der Waals surface area contributed by atoms with Crippen molar-refractivity contribution in [3.05, 3.63) is 60.7 Å². The largest absolute Gasteiger partial charge is 0.444 e. The number of benzene rings is 1. The minimum atomic E-state index is -0.133. The van der Waals surface area contributed by atoms with Gasteiger partial charge in [-0.15, -0.1) is 0 Å². The van der Waals surface area contributed by atoms with E-state index in [0.29, 0.717) is 24.2 Å². The van der Waals surface area contributed by atoms with Gasteiger partial charge in [-0.05, 0) is 37.1 Å². The molecule has 0 bridgehead atoms. The van der Waals surface area contributed by atoms with Gasteiger partial charge in [-0.3, -0.25) is 9.78 Å². The smallest absolute Gasteiger partial charge is 0.280 e. The lowest BCUT2D eigenvalue weighted by molar-refractivity contribution is 0.0982. The maximum atomic E-state index is 13.1. The highest BCUT2D eigenvalue weighted by molar-refractivity contribution is 6.07. The van der Waals surface area contributed by atoms with Crippen molar-refractivity contribution in [1.29, 1.82) is 0 Å². The average molecular weight is 346 g/mol. The van der Waals surface area contributed by atoms with Gasteiger partial charge >= 0.3 is 0 Å². The van der Waals surface area contributed by atoms with Gasteiger partial charge in [-0.1, -0.05) is 12.1 Å². The first-order valence-electron chi connectivity index (χ1n) is 8.85. The first kappa shape index (κ1) is 15.1. The zero-order chi connectivity index (χ0) is 17.5. The Bertz CT molecular complexity index is 949. The number of fused-ring (bicyclic) bond motifs is 1. The van der Waals surface area contributed by atoms with Gasteiger partial charge < -0.3 is 14.2 Å². The van der Waals surface area contributed by atoms with E-state index in [1.165, 1.54) is 19.1 Å². The predicted molar refractivity (Wildman–Crippen MR) is 98.2 cm³/mol. The topological polar surface area (TPSA) is 62.5 Å². The average Bonchev–Trinajstić information content (AvgIpc) is 3.43. The second-order valence-corrected chi connectivity index (χ2v) is 6.65. The van der Waals surface area contributed by atoms with Crippen LogP contribution in [0.5, 0.6) is 0 Å². The van der Waals surface area contributed by atoms with Crippen LogP contribution < -0.4 is 9.80 Å². The van der Waals surface area contributed by atoms with Crippen molar-refractivity contribution < 1.29 is 9.21 Å². The summed E-state index contributed by atoms with van der Waals surface area (Å²) in [4.78, 5) is 25.7. The first-order valence-corrected chi connectivity index (χ1v) is 8.85. The van der Waals surface area contributed by atoms with E-state index < -0.39 is 0 Å². The van der Waals surface area contributed by atoms with Crippen LogP contribution in [0.3, 0.4) is 0 Å². The summed E-state index contributed by atoms with van der Waals surface area (Å²) < 4.78 is 5.51. The molecular weight excluding hydrogens is 328 g/mol. The molecule has 0 N–H and O–H groups in total. The van der Waals surface area contributed by atoms with Crippen LogP contribution in [0.2, 0.25) is 0 Å². The molecule has 1 aromatic carbocycles. The van der Waals surface area contributed by atoms with Crippen LogP contribution in [-0.2, 0) is 0 Å². The van der Waals surface area contributed by atoms with E-state index in [4.69, 9.17) is 4.42 Å². The number of carbonyl (C=O) groups is 1. The minimum absolute atomic E-state index is 0.133. The molecule has 1 amide bonds. The Labute approximate surface area is 151 Å². The molecule has 0 radical (unpaired) electrons. The van der Waals surface area contributed by atoms with E-state index in [2.05, 4.69) is 20.9 Å². The summed E-state index contributed by atoms with van der Waals surface area (Å²) in [6.45, 7) is 1.50. The Kier molecular flexibility index (Phi) is 3.48. The minimum Gasteiger partial charge on any atom is -0.444 e. The van der Waals surface area contributed by atoms with E-state index in [1.54, 1.807) is 17.3 Å². The Morgan fingerprint density at radius 3 is 2.69 bits per heavy atom. The summed E-state index contributed by atoms with van der Waals surface area (Å²) in [6.07, 6.45) is 7.26. The van der Waals surface area contributed by atoms with E-state index in [-0.39, 0.29) is 5.91 Å². The highest BCUT2D eigenvalue weighted by Crippen LogP contribution is 2.40. The molecule has 1 aliphatic carbocycles. The van der Waals surface area contributed by atoms with E-state index in [0.717, 1.165) is 23.5 Å². The van der Waals surface area contributed by atoms with Crippen molar-refractivity contribution in [2.24, 2.45) is 0 Å². The fourth-order valence-corrected chi connectivity index (χ4v) is 3.49. The summed E-state index contributed by atoms with van der Waals surface area (Å²) >= 11 is 0. The molecule has 6 nitrogen and oxygen atoms in total. The molecule has 3 heterocycles. The summed E-state index contributed by atoms with van der Waals surface area (Å²) in [5.74, 6) is 0.276. The molecule has 5 rings (SSSR count). The summed E-state index contributed by atoms with van der Waals surface area (Å²) in [5, 5.41) is 0. The zero-order valence-corrected chi connectivity index (χ0v) is 14.2. The number of oxazole rings is 1. The fraction of sp³-hybridized carbons (Fsp3) is 0.250. The number of anilines is 2. The van der Waals surface area contributed by atoms with Gasteiger partial charge in [0.1, 0.15) is 6.26 Å². The third-order valence-corrected chi connectivity index (χ3v) is 4.91. The van der Waals surface area contributed by atoms with Crippen molar-refractivity contribution in [2.75, 3.05) is 22.9 Å². The lowest BCUT2D eigenvalue weighted by Crippen LogP contribution is -2.45. The molecule has 26 heavy (non-hydrogen) atoms. The Hall–Kier alpha value is -3.15. The molecule has 0 unspecified atom stereocenters. The predicted octanol–water partition coefficient (Wildman–Crippen LogP) is 3.37. The number of amides is 1. The van der Waals surface area contributed by atoms with Crippen LogP contribution in [0.15, 0.2) is 59.5 Å². The van der Waals surface area contributed by atoms with Gasteiger partial charge in [-0.25, -0.2) is 4.98 Å². The van der Waals surface area contributed by atoms with Gasteiger partial charge in [-0.2, -0.15) is 0 Å². The Balaban J connectivity index is 1.46. The van der Waals surface area contributed by atoms with Crippen LogP contribution in [-0.4, -0.2) is 35.0 Å². The van der Waals surface area contributed by atoms with Crippen molar-refractivity contribution in [1.82, 2.24) is 9.97 Å². The third kappa shape index (κ3) is 2.54. The standard InChI is InChI=1S/C20H18N4O2/c25-20(16-13-26-19(22-16)14-4-3-9-21-12-14)24-11-10-23(15-7-8-15)17-5-1-2-6-18(17)24/h1-6,9,12-13,15H,7-8,10-11H2. The quantitative estimate of drug-likeness (QED) is 0.728. The maximum absolute atomic E-state index is 13.1. The molecule has 0 atom stereocenters. The van der Waals surface area contributed by atoms with Crippen LogP contribution in [0, 0.1) is 0 Å². The summed E-state index contributed by atoms with van der Waals surface area (Å²) in [6, 6.07) is 12.4. The number of rotatable bonds is 3. The van der Waals surface area contributed by atoms with Crippen LogP contribution in [0.25, 0.3) is 11.5 Å². The SMILES string of the molecule is O=C(c1coc(-c2cccnc2)n1)N1CCN(C2CC2)c2ccccc21. The molecular formula is C20H18N4O2. The molecule has 1 aliphatic heterocycles. The van der Waals surface area contributed by atoms with Gasteiger partial charge in [0.2, 0.25) is 5.89 Å². The molecule has 1 fully saturated rings. The lowest BCUT2D eigenvalue weighted by Gasteiger charge is -2.37. The zero-order valence-electron chi connectivity index (χ0n) is 14.2. The van der Waals surface area contributed by atoms with E-state index in [9.17, 15) is 4.79 Å². The van der Waals surface area contributed by atoms with Gasteiger partial charge in [0.15, 0.2) is 5.69 Å². The van der Waals surface area contributed by atoms with Crippen LogP contribution in [0.4, 0.5) is 11.4 Å². The van der Waals surface area contributed by atoms with Gasteiger partial charge in [0, 0.05) is 31.5 Å². The molecule has 1 saturated carbocycles.